The summed E-state index contributed by atoms with van der Waals surface area (Å²) in [6, 6.07) is 0. The average molecular weight is 399 g/mol. The number of esters is 1. The highest BCUT2D eigenvalue weighted by Crippen LogP contribution is 2.34. The maximum Gasteiger partial charge on any atom is 0.341 e. The van der Waals surface area contributed by atoms with Crippen LogP contribution in [-0.2, 0) is 9.53 Å². The van der Waals surface area contributed by atoms with Crippen LogP contribution >= 0.6 is 11.3 Å². The third kappa shape index (κ3) is 5.06. The number of hydrogen-bond acceptors (Lipinski definition) is 5. The summed E-state index contributed by atoms with van der Waals surface area (Å²) in [6.45, 7) is 9.37. The van der Waals surface area contributed by atoms with Crippen LogP contribution in [0.2, 0.25) is 0 Å². The van der Waals surface area contributed by atoms with Gasteiger partial charge in [0, 0.05) is 14.1 Å². The molecule has 2 amide bonds. The van der Waals surface area contributed by atoms with Gasteiger partial charge in [-0.1, -0.05) is 0 Å². The van der Waals surface area contributed by atoms with Gasteiger partial charge in [-0.05, 0) is 19.4 Å². The zero-order valence-electron chi connectivity index (χ0n) is 16.7. The van der Waals surface area contributed by atoms with Crippen molar-refractivity contribution in [3.05, 3.63) is 16.0 Å². The fourth-order valence-electron chi connectivity index (χ4n) is 3.24. The standard InChI is InChI=1S/C18H28N4O4S/c1-6-21-7-9-22(10-8-21)11-13(23)19-16-14(18(25)26-5)12(2)15(27-16)17(24)20(3)4/h6-11H2,1-5H3,(H,19,23)/p+2. The van der Waals surface area contributed by atoms with E-state index >= 15 is 0 Å². The normalized spacial score (nSPS) is 19.4. The highest BCUT2D eigenvalue weighted by Gasteiger charge is 2.29. The number of quaternary nitrogens is 2. The lowest BCUT2D eigenvalue weighted by atomic mass is 10.1. The van der Waals surface area contributed by atoms with Gasteiger partial charge < -0.3 is 24.8 Å². The van der Waals surface area contributed by atoms with Crippen LogP contribution < -0.4 is 15.1 Å². The highest BCUT2D eigenvalue weighted by molar-refractivity contribution is 7.18. The Morgan fingerprint density at radius 1 is 1.15 bits per heavy atom. The van der Waals surface area contributed by atoms with Crippen molar-refractivity contribution < 1.29 is 28.9 Å². The first-order chi connectivity index (χ1) is 12.8. The van der Waals surface area contributed by atoms with Crippen LogP contribution in [0, 0.1) is 6.92 Å². The van der Waals surface area contributed by atoms with Crippen LogP contribution in [0.15, 0.2) is 0 Å². The maximum absolute atomic E-state index is 12.5. The molecule has 2 heterocycles. The summed E-state index contributed by atoms with van der Waals surface area (Å²) >= 11 is 1.12. The summed E-state index contributed by atoms with van der Waals surface area (Å²) in [6.07, 6.45) is 0. The molecule has 0 bridgehead atoms. The van der Waals surface area contributed by atoms with Crippen molar-refractivity contribution in [1.82, 2.24) is 4.90 Å². The van der Waals surface area contributed by atoms with Gasteiger partial charge in [0.05, 0.1) is 24.1 Å². The maximum atomic E-state index is 12.5. The van der Waals surface area contributed by atoms with Crippen molar-refractivity contribution in [3.8, 4) is 0 Å². The second-order valence-electron chi connectivity index (χ2n) is 7.03. The van der Waals surface area contributed by atoms with Crippen molar-refractivity contribution in [3.63, 3.8) is 0 Å². The van der Waals surface area contributed by atoms with Gasteiger partial charge in [-0.3, -0.25) is 9.59 Å². The van der Waals surface area contributed by atoms with E-state index in [1.54, 1.807) is 25.9 Å². The Morgan fingerprint density at radius 2 is 1.74 bits per heavy atom. The van der Waals surface area contributed by atoms with E-state index in [4.69, 9.17) is 4.74 Å². The van der Waals surface area contributed by atoms with Gasteiger partial charge in [0.25, 0.3) is 11.8 Å². The molecule has 1 aliphatic heterocycles. The number of amides is 2. The fourth-order valence-corrected chi connectivity index (χ4v) is 4.47. The Labute approximate surface area is 164 Å². The molecular formula is C18H30N4O4S+2. The van der Waals surface area contributed by atoms with Crippen molar-refractivity contribution >= 4 is 34.1 Å². The summed E-state index contributed by atoms with van der Waals surface area (Å²) in [5.41, 5.74) is 0.796. The third-order valence-electron chi connectivity index (χ3n) is 4.96. The van der Waals surface area contributed by atoms with Gasteiger partial charge in [-0.2, -0.15) is 0 Å². The molecule has 0 radical (unpaired) electrons. The third-order valence-corrected chi connectivity index (χ3v) is 6.16. The quantitative estimate of drug-likeness (QED) is 0.498. The van der Waals surface area contributed by atoms with Crippen molar-refractivity contribution in [2.45, 2.75) is 13.8 Å². The van der Waals surface area contributed by atoms with E-state index in [9.17, 15) is 14.4 Å². The lowest BCUT2D eigenvalue weighted by Gasteiger charge is -2.28. The van der Waals surface area contributed by atoms with Crippen LogP contribution in [-0.4, -0.2) is 83.2 Å². The summed E-state index contributed by atoms with van der Waals surface area (Å²) < 4.78 is 4.85. The van der Waals surface area contributed by atoms with Gasteiger partial charge in [-0.15, -0.1) is 11.3 Å². The second kappa shape index (κ2) is 9.29. The number of methoxy groups -OCH3 is 1. The number of rotatable bonds is 6. The van der Waals surface area contributed by atoms with Crippen LogP contribution in [0.1, 0.15) is 32.5 Å². The number of piperazine rings is 1. The minimum absolute atomic E-state index is 0.153. The van der Waals surface area contributed by atoms with Gasteiger partial charge in [-0.25, -0.2) is 4.79 Å². The molecule has 0 aromatic carbocycles. The molecule has 0 atom stereocenters. The van der Waals surface area contributed by atoms with Crippen LogP contribution in [0.3, 0.4) is 0 Å². The number of hydrogen-bond donors (Lipinski definition) is 3. The zero-order valence-corrected chi connectivity index (χ0v) is 17.5. The molecular weight excluding hydrogens is 368 g/mol. The summed E-state index contributed by atoms with van der Waals surface area (Å²) in [5, 5.41) is 3.21. The van der Waals surface area contributed by atoms with Crippen LogP contribution in [0.4, 0.5) is 5.00 Å². The monoisotopic (exact) mass is 398 g/mol. The summed E-state index contributed by atoms with van der Waals surface area (Å²) in [5.74, 6) is -0.906. The number of likely N-dealkylation sites (N-methyl/N-ethyl adjacent to an activating group) is 1. The van der Waals surface area contributed by atoms with Crippen LogP contribution in [0.5, 0.6) is 0 Å². The lowest BCUT2D eigenvalue weighted by molar-refractivity contribution is -1.01. The minimum atomic E-state index is -0.552. The smallest absolute Gasteiger partial charge is 0.341 e. The SMILES string of the molecule is CC[NH+]1CC[NH+](CC(=O)Nc2sc(C(=O)N(C)C)c(C)c2C(=O)OC)CC1. The first-order valence-corrected chi connectivity index (χ1v) is 10.00. The van der Waals surface area contributed by atoms with Gasteiger partial charge in [0.1, 0.15) is 31.2 Å². The molecule has 0 spiro atoms. The van der Waals surface area contributed by atoms with Crippen molar-refractivity contribution in [1.29, 1.82) is 0 Å². The predicted octanol–water partition coefficient (Wildman–Crippen LogP) is -1.71. The number of ether oxygens (including phenoxy) is 1. The summed E-state index contributed by atoms with van der Waals surface area (Å²) in [7, 11) is 4.59. The Hall–Kier alpha value is -1.97. The average Bonchev–Trinajstić information content (AvgIpc) is 2.96. The number of anilines is 1. The van der Waals surface area contributed by atoms with Crippen LogP contribution in [0.25, 0.3) is 0 Å². The molecule has 8 nitrogen and oxygen atoms in total. The number of carbonyl (C=O) groups excluding carboxylic acids is 3. The number of carbonyl (C=O) groups is 3. The molecule has 1 aromatic rings. The molecule has 2 rings (SSSR count). The first kappa shape index (κ1) is 21.3. The molecule has 1 fully saturated rings. The minimum Gasteiger partial charge on any atom is -0.465 e. The molecule has 0 unspecified atom stereocenters. The Bertz CT molecular complexity index is 708. The highest BCUT2D eigenvalue weighted by atomic mass is 32.1. The van der Waals surface area contributed by atoms with E-state index in [1.165, 1.54) is 16.9 Å². The molecule has 1 saturated heterocycles. The lowest BCUT2D eigenvalue weighted by Crippen LogP contribution is -3.28. The Balaban J connectivity index is 2.14. The fraction of sp³-hybridized carbons (Fsp3) is 0.611. The van der Waals surface area contributed by atoms with Gasteiger partial charge >= 0.3 is 5.97 Å². The molecule has 150 valence electrons. The molecule has 27 heavy (non-hydrogen) atoms. The van der Waals surface area contributed by atoms with Gasteiger partial charge in [0.15, 0.2) is 6.54 Å². The molecule has 9 heteroatoms. The Kier molecular flexibility index (Phi) is 7.34. The topological polar surface area (TPSA) is 84.6 Å². The number of nitrogens with one attached hydrogen (secondary N) is 3. The van der Waals surface area contributed by atoms with E-state index in [1.807, 2.05) is 0 Å². The van der Waals surface area contributed by atoms with E-state index in [-0.39, 0.29) is 17.4 Å². The van der Waals surface area contributed by atoms with E-state index in [0.717, 1.165) is 44.1 Å². The summed E-state index contributed by atoms with van der Waals surface area (Å²) in [4.78, 5) is 41.8. The molecule has 3 N–H and O–H groups in total. The molecule has 0 aliphatic carbocycles. The predicted molar refractivity (Wildman–Crippen MR) is 104 cm³/mol. The number of thiophene rings is 1. The van der Waals surface area contributed by atoms with E-state index < -0.39 is 5.97 Å². The number of nitrogens with zero attached hydrogens (tertiary/aromatic N) is 1. The Morgan fingerprint density at radius 3 is 2.26 bits per heavy atom. The molecule has 1 aromatic heterocycles. The molecule has 1 aliphatic rings. The second-order valence-corrected chi connectivity index (χ2v) is 8.05. The van der Waals surface area contributed by atoms with Crippen molar-refractivity contribution in [2.24, 2.45) is 0 Å². The largest absolute Gasteiger partial charge is 0.465 e. The zero-order chi connectivity index (χ0) is 20.1. The van der Waals surface area contributed by atoms with Gasteiger partial charge in [0.2, 0.25) is 0 Å². The van der Waals surface area contributed by atoms with E-state index in [0.29, 0.717) is 22.0 Å². The van der Waals surface area contributed by atoms with Crippen molar-refractivity contribution in [2.75, 3.05) is 65.8 Å². The molecule has 0 saturated carbocycles. The van der Waals surface area contributed by atoms with E-state index in [2.05, 4.69) is 12.2 Å². The first-order valence-electron chi connectivity index (χ1n) is 9.18.